The van der Waals surface area contributed by atoms with Crippen molar-refractivity contribution >= 4 is 16.9 Å². The molecule has 0 radical (unpaired) electrons. The van der Waals surface area contributed by atoms with E-state index >= 15 is 0 Å². The predicted molar refractivity (Wildman–Crippen MR) is 109 cm³/mol. The molecule has 3 heterocycles. The zero-order valence-corrected chi connectivity index (χ0v) is 16.6. The second kappa shape index (κ2) is 6.81. The lowest BCUT2D eigenvalue weighted by Crippen LogP contribution is -2.29. The van der Waals surface area contributed by atoms with Crippen LogP contribution in [0.4, 0.5) is 0 Å². The Labute approximate surface area is 172 Å². The molecule has 148 valence electrons. The van der Waals surface area contributed by atoms with Crippen molar-refractivity contribution in [2.24, 2.45) is 7.05 Å². The first-order valence-electron chi connectivity index (χ1n) is 9.69. The lowest BCUT2D eigenvalue weighted by molar-refractivity contribution is 0.0709. The summed E-state index contributed by atoms with van der Waals surface area (Å²) >= 11 is 0. The van der Waals surface area contributed by atoms with E-state index in [1.807, 2.05) is 54.3 Å². The normalized spacial score (nSPS) is 15.6. The molecule has 0 bridgehead atoms. The fourth-order valence-corrected chi connectivity index (χ4v) is 4.31. The molecule has 0 saturated carbocycles. The number of nitriles is 1. The summed E-state index contributed by atoms with van der Waals surface area (Å²) in [5, 5.41) is 24.8. The summed E-state index contributed by atoms with van der Waals surface area (Å²) < 4.78 is 1.61. The number of rotatable bonds is 4. The van der Waals surface area contributed by atoms with E-state index < -0.39 is 0 Å². The number of aromatic amines is 1. The third-order valence-corrected chi connectivity index (χ3v) is 5.78. The SMILES string of the molecule is Cc1nn(C)c(C#N)c1CC1c2ccccc2C(=O)N1Cc1ccc2[nH]nnc2c1. The fourth-order valence-electron chi connectivity index (χ4n) is 4.31. The van der Waals surface area contributed by atoms with Gasteiger partial charge in [-0.1, -0.05) is 29.5 Å². The highest BCUT2D eigenvalue weighted by Crippen LogP contribution is 2.38. The van der Waals surface area contributed by atoms with Crippen LogP contribution in [-0.2, 0) is 20.0 Å². The van der Waals surface area contributed by atoms with Crippen LogP contribution < -0.4 is 0 Å². The quantitative estimate of drug-likeness (QED) is 0.570. The van der Waals surface area contributed by atoms with Gasteiger partial charge < -0.3 is 4.90 Å². The zero-order chi connectivity index (χ0) is 20.8. The number of aromatic nitrogens is 5. The second-order valence-corrected chi connectivity index (χ2v) is 7.55. The molecule has 8 nitrogen and oxygen atoms in total. The molecular formula is C22H19N7O. The Balaban J connectivity index is 1.55. The van der Waals surface area contributed by atoms with Gasteiger partial charge in [0.1, 0.15) is 17.3 Å². The monoisotopic (exact) mass is 397 g/mol. The zero-order valence-electron chi connectivity index (χ0n) is 16.6. The molecule has 8 heteroatoms. The third kappa shape index (κ3) is 2.75. The average Bonchev–Trinajstić information content (AvgIpc) is 3.39. The minimum absolute atomic E-state index is 0.00380. The summed E-state index contributed by atoms with van der Waals surface area (Å²) in [4.78, 5) is 15.1. The van der Waals surface area contributed by atoms with Gasteiger partial charge in [-0.05, 0) is 36.2 Å². The topological polar surface area (TPSA) is 103 Å². The summed E-state index contributed by atoms with van der Waals surface area (Å²) in [6.45, 7) is 2.35. The maximum atomic E-state index is 13.3. The number of nitrogens with zero attached hydrogens (tertiary/aromatic N) is 6. The molecule has 30 heavy (non-hydrogen) atoms. The van der Waals surface area contributed by atoms with E-state index in [2.05, 4.69) is 26.6 Å². The number of amides is 1. The number of aryl methyl sites for hydroxylation is 2. The van der Waals surface area contributed by atoms with E-state index in [4.69, 9.17) is 0 Å². The second-order valence-electron chi connectivity index (χ2n) is 7.55. The average molecular weight is 397 g/mol. The molecule has 1 atom stereocenters. The summed E-state index contributed by atoms with van der Waals surface area (Å²) in [5.74, 6) is -0.00380. The molecule has 1 N–H and O–H groups in total. The number of hydrogen-bond donors (Lipinski definition) is 1. The minimum atomic E-state index is -0.170. The maximum absolute atomic E-state index is 13.3. The van der Waals surface area contributed by atoms with E-state index in [-0.39, 0.29) is 11.9 Å². The van der Waals surface area contributed by atoms with E-state index in [1.165, 1.54) is 0 Å². The first kappa shape index (κ1) is 18.1. The fraction of sp³-hybridized carbons (Fsp3) is 0.227. The van der Waals surface area contributed by atoms with Crippen LogP contribution in [0, 0.1) is 18.3 Å². The summed E-state index contributed by atoms with van der Waals surface area (Å²) in [7, 11) is 1.77. The Kier molecular flexibility index (Phi) is 4.10. The molecule has 0 saturated heterocycles. The lowest BCUT2D eigenvalue weighted by atomic mass is 9.97. The number of fused-ring (bicyclic) bond motifs is 2. The predicted octanol–water partition coefficient (Wildman–Crippen LogP) is 2.81. The smallest absolute Gasteiger partial charge is 0.255 e. The van der Waals surface area contributed by atoms with Gasteiger partial charge in [0.2, 0.25) is 0 Å². The van der Waals surface area contributed by atoms with Crippen molar-refractivity contribution in [1.82, 2.24) is 30.1 Å². The summed E-state index contributed by atoms with van der Waals surface area (Å²) in [5.41, 5.74) is 6.53. The summed E-state index contributed by atoms with van der Waals surface area (Å²) in [6.07, 6.45) is 0.539. The minimum Gasteiger partial charge on any atom is -0.327 e. The van der Waals surface area contributed by atoms with E-state index in [1.54, 1.807) is 11.7 Å². The number of carbonyl (C=O) groups is 1. The maximum Gasteiger partial charge on any atom is 0.255 e. The molecule has 4 aromatic rings. The van der Waals surface area contributed by atoms with Crippen LogP contribution in [0.15, 0.2) is 42.5 Å². The lowest BCUT2D eigenvalue weighted by Gasteiger charge is -2.26. The molecule has 0 aliphatic carbocycles. The number of hydrogen-bond acceptors (Lipinski definition) is 5. The first-order valence-corrected chi connectivity index (χ1v) is 9.69. The van der Waals surface area contributed by atoms with Crippen molar-refractivity contribution in [2.45, 2.75) is 25.9 Å². The molecule has 1 aliphatic rings. The van der Waals surface area contributed by atoms with Crippen molar-refractivity contribution in [3.63, 3.8) is 0 Å². The van der Waals surface area contributed by atoms with E-state index in [0.29, 0.717) is 24.2 Å². The van der Waals surface area contributed by atoms with Gasteiger partial charge in [-0.2, -0.15) is 10.4 Å². The van der Waals surface area contributed by atoms with Crippen molar-refractivity contribution < 1.29 is 4.79 Å². The van der Waals surface area contributed by atoms with Gasteiger partial charge >= 0.3 is 0 Å². The number of nitrogens with one attached hydrogen (secondary N) is 1. The van der Waals surface area contributed by atoms with Crippen LogP contribution in [0.1, 0.15) is 44.5 Å². The summed E-state index contributed by atoms with van der Waals surface area (Å²) in [6, 6.07) is 15.6. The molecule has 5 rings (SSSR count). The van der Waals surface area contributed by atoms with Crippen LogP contribution >= 0.6 is 0 Å². The van der Waals surface area contributed by atoms with Gasteiger partial charge in [-0.25, -0.2) is 0 Å². The van der Waals surface area contributed by atoms with Gasteiger partial charge in [-0.3, -0.25) is 14.6 Å². The number of carbonyl (C=O) groups excluding carboxylic acids is 1. The van der Waals surface area contributed by atoms with Crippen LogP contribution in [0.5, 0.6) is 0 Å². The molecule has 2 aromatic heterocycles. The first-order chi connectivity index (χ1) is 14.6. The molecular weight excluding hydrogens is 378 g/mol. The van der Waals surface area contributed by atoms with Crippen molar-refractivity contribution in [2.75, 3.05) is 0 Å². The van der Waals surface area contributed by atoms with Crippen LogP contribution in [0.2, 0.25) is 0 Å². The molecule has 1 aliphatic heterocycles. The Hall–Kier alpha value is -3.99. The Morgan fingerprint density at radius 2 is 2.07 bits per heavy atom. The Bertz CT molecular complexity index is 1330. The van der Waals surface area contributed by atoms with Crippen molar-refractivity contribution in [1.29, 1.82) is 5.26 Å². The highest BCUT2D eigenvalue weighted by molar-refractivity contribution is 5.99. The van der Waals surface area contributed by atoms with Gasteiger partial charge in [0.25, 0.3) is 5.91 Å². The van der Waals surface area contributed by atoms with E-state index in [0.717, 1.165) is 33.4 Å². The standard InChI is InChI=1S/C22H19N7O/c1-13-17(21(11-23)28(2)26-13)10-20-15-5-3-4-6-16(15)22(30)29(20)12-14-7-8-18-19(9-14)25-27-24-18/h3-9,20H,10,12H2,1-2H3,(H,24,25,27). The van der Waals surface area contributed by atoms with Crippen LogP contribution in [-0.4, -0.2) is 36.0 Å². The van der Waals surface area contributed by atoms with Gasteiger partial charge in [-0.15, -0.1) is 5.10 Å². The van der Waals surface area contributed by atoms with Crippen LogP contribution in [0.3, 0.4) is 0 Å². The highest BCUT2D eigenvalue weighted by Gasteiger charge is 2.37. The Morgan fingerprint density at radius 1 is 1.23 bits per heavy atom. The molecule has 1 unspecified atom stereocenters. The molecule has 0 fully saturated rings. The third-order valence-electron chi connectivity index (χ3n) is 5.78. The van der Waals surface area contributed by atoms with Crippen molar-refractivity contribution in [3.05, 3.63) is 76.1 Å². The number of benzene rings is 2. The molecule has 1 amide bonds. The highest BCUT2D eigenvalue weighted by atomic mass is 16.2. The molecule has 2 aromatic carbocycles. The van der Waals surface area contributed by atoms with Gasteiger partial charge in [0.05, 0.1) is 17.3 Å². The van der Waals surface area contributed by atoms with E-state index in [9.17, 15) is 10.1 Å². The Morgan fingerprint density at radius 3 is 2.90 bits per heavy atom. The van der Waals surface area contributed by atoms with Gasteiger partial charge in [0, 0.05) is 31.1 Å². The van der Waals surface area contributed by atoms with Gasteiger partial charge in [0.15, 0.2) is 0 Å². The van der Waals surface area contributed by atoms with Crippen molar-refractivity contribution in [3.8, 4) is 6.07 Å². The largest absolute Gasteiger partial charge is 0.327 e. The number of H-pyrrole nitrogens is 1. The van der Waals surface area contributed by atoms with Crippen LogP contribution in [0.25, 0.3) is 11.0 Å². The molecule has 0 spiro atoms.